The molecule has 6 nitrogen and oxygen atoms in total. The second-order valence-corrected chi connectivity index (χ2v) is 6.32. The Balaban J connectivity index is 0.00000243. The first-order chi connectivity index (χ1) is 12.0. The third kappa shape index (κ3) is 5.14. The normalized spacial score (nSPS) is 14.2. The summed E-state index contributed by atoms with van der Waals surface area (Å²) in [4.78, 5) is 2.14. The van der Waals surface area contributed by atoms with Gasteiger partial charge in [-0.1, -0.05) is 17.4 Å². The van der Waals surface area contributed by atoms with Gasteiger partial charge in [-0.15, -0.1) is 26.1 Å². The number of fused-ring (bicyclic) bond motifs is 1. The molecular formula is C15H16F3N6NiS+. The molecule has 0 aliphatic carbocycles. The number of aryl methyl sites for hydroxylation is 1. The zero-order valence-electron chi connectivity index (χ0n) is 13.8. The zero-order chi connectivity index (χ0) is 17.9. The van der Waals surface area contributed by atoms with Crippen molar-refractivity contribution >= 4 is 33.5 Å². The third-order valence-electron chi connectivity index (χ3n) is 3.79. The van der Waals surface area contributed by atoms with Crippen LogP contribution in [0, 0.1) is 0 Å². The quantitative estimate of drug-likeness (QED) is 0.480. The molecule has 2 heterocycles. The van der Waals surface area contributed by atoms with Crippen LogP contribution in [0.3, 0.4) is 0 Å². The average Bonchev–Trinajstić information content (AvgIpc) is 3.10. The summed E-state index contributed by atoms with van der Waals surface area (Å²) in [6.07, 6.45) is -2.52. The molecule has 1 aliphatic rings. The van der Waals surface area contributed by atoms with E-state index in [1.165, 1.54) is 16.8 Å². The molecule has 1 aromatic carbocycles. The minimum atomic E-state index is -4.37. The van der Waals surface area contributed by atoms with Crippen molar-refractivity contribution in [2.75, 3.05) is 24.5 Å². The van der Waals surface area contributed by atoms with Crippen LogP contribution in [0.25, 0.3) is 5.32 Å². The summed E-state index contributed by atoms with van der Waals surface area (Å²) in [6, 6.07) is 3.45. The fraction of sp³-hybridized carbons (Fsp3) is 0.467. The van der Waals surface area contributed by atoms with E-state index in [0.29, 0.717) is 10.8 Å². The smallest absolute Gasteiger partial charge is 0.675 e. The Bertz CT molecular complexity index is 751. The van der Waals surface area contributed by atoms with Crippen LogP contribution in [0.1, 0.15) is 18.9 Å². The molecule has 0 fully saturated rings. The second-order valence-electron chi connectivity index (χ2n) is 5.51. The molecule has 0 saturated heterocycles. The molecule has 0 saturated carbocycles. The van der Waals surface area contributed by atoms with E-state index in [2.05, 4.69) is 30.6 Å². The summed E-state index contributed by atoms with van der Waals surface area (Å²) < 4.78 is 37.8. The molecule has 11 heteroatoms. The van der Waals surface area contributed by atoms with Crippen LogP contribution >= 0.6 is 11.3 Å². The topological polar surface area (TPSA) is 67.8 Å². The van der Waals surface area contributed by atoms with Crippen molar-refractivity contribution < 1.29 is 29.7 Å². The van der Waals surface area contributed by atoms with Crippen molar-refractivity contribution in [3.63, 3.8) is 0 Å². The van der Waals surface area contributed by atoms with E-state index in [1.54, 1.807) is 12.1 Å². The van der Waals surface area contributed by atoms with Gasteiger partial charge in [0, 0.05) is 18.8 Å². The van der Waals surface area contributed by atoms with Crippen LogP contribution in [-0.2, 0) is 22.9 Å². The van der Waals surface area contributed by atoms with Crippen molar-refractivity contribution in [3.8, 4) is 0 Å². The van der Waals surface area contributed by atoms with E-state index in [1.807, 2.05) is 6.92 Å². The molecule has 0 amide bonds. The Morgan fingerprint density at radius 1 is 1.31 bits per heavy atom. The number of halogens is 3. The predicted molar refractivity (Wildman–Crippen MR) is 90.7 cm³/mol. The Labute approximate surface area is 162 Å². The van der Waals surface area contributed by atoms with Gasteiger partial charge >= 0.3 is 22.7 Å². The first kappa shape index (κ1) is 20.6. The summed E-state index contributed by atoms with van der Waals surface area (Å²) >= 11 is 1.20. The molecule has 26 heavy (non-hydrogen) atoms. The molecular weight excluding hydrogens is 412 g/mol. The third-order valence-corrected chi connectivity index (χ3v) is 4.37. The molecule has 0 bridgehead atoms. The van der Waals surface area contributed by atoms with Crippen LogP contribution in [0.2, 0.25) is 0 Å². The summed E-state index contributed by atoms with van der Waals surface area (Å²) in [5.74, 6) is 0. The second kappa shape index (κ2) is 8.77. The fourth-order valence-corrected chi connectivity index (χ4v) is 3.07. The number of nitrogens with zero attached hydrogens (tertiary/aromatic N) is 6. The fourth-order valence-electron chi connectivity index (χ4n) is 2.70. The van der Waals surface area contributed by atoms with Gasteiger partial charge in [0.2, 0.25) is 0 Å². The number of hydrogen-bond acceptors (Lipinski definition) is 6. The number of azo groups is 1. The maximum absolute atomic E-state index is 12.6. The minimum absolute atomic E-state index is 0. The van der Waals surface area contributed by atoms with Crippen molar-refractivity contribution in [1.82, 2.24) is 10.2 Å². The van der Waals surface area contributed by atoms with Crippen molar-refractivity contribution in [1.29, 1.82) is 0 Å². The van der Waals surface area contributed by atoms with E-state index in [-0.39, 0.29) is 22.2 Å². The van der Waals surface area contributed by atoms with Gasteiger partial charge in [-0.2, -0.15) is 13.2 Å². The summed E-state index contributed by atoms with van der Waals surface area (Å²) in [5.41, 5.74) is 3.98. The predicted octanol–water partition coefficient (Wildman–Crippen LogP) is 5.29. The van der Waals surface area contributed by atoms with Crippen LogP contribution in [0.5, 0.6) is 0 Å². The monoisotopic (exact) mass is 427 g/mol. The number of aromatic nitrogens is 2. The summed E-state index contributed by atoms with van der Waals surface area (Å²) in [7, 11) is 0. The number of alkyl halides is 3. The summed E-state index contributed by atoms with van der Waals surface area (Å²) in [5, 5.41) is 19.5. The van der Waals surface area contributed by atoms with Gasteiger partial charge in [-0.3, -0.25) is 0 Å². The molecule has 0 N–H and O–H groups in total. The van der Waals surface area contributed by atoms with Crippen molar-refractivity contribution in [2.24, 2.45) is 10.2 Å². The molecule has 1 aliphatic heterocycles. The number of benzene rings is 1. The zero-order valence-corrected chi connectivity index (χ0v) is 15.6. The Morgan fingerprint density at radius 2 is 2.12 bits per heavy atom. The first-order valence-corrected chi connectivity index (χ1v) is 8.68. The SMILES string of the molecule is CCN1CCCc2cc(N=Nc3nncs3)c([N-]CC(F)(F)F)cc21.[Ni+2]. The number of rotatable bonds is 5. The standard InChI is InChI=1S/C15H16F3N6S.Ni/c1-2-24-5-3-4-10-6-12(21-23-14-22-20-9-25-14)11(7-13(10)24)19-8-15(16,17)18;/h6-7,9H,2-5,8H2,1H3;/q-1;+2. The molecule has 142 valence electrons. The minimum Gasteiger partial charge on any atom is -0.675 e. The van der Waals surface area contributed by atoms with Gasteiger partial charge < -0.3 is 10.2 Å². The number of anilines is 1. The Kier molecular flexibility index (Phi) is 6.94. The molecule has 1 aromatic heterocycles. The van der Waals surface area contributed by atoms with Crippen molar-refractivity contribution in [3.05, 3.63) is 28.5 Å². The van der Waals surface area contributed by atoms with E-state index in [0.717, 1.165) is 37.2 Å². The van der Waals surface area contributed by atoms with Crippen LogP contribution in [-0.4, -0.2) is 36.0 Å². The van der Waals surface area contributed by atoms with Gasteiger partial charge in [0.25, 0.3) is 5.13 Å². The molecule has 3 rings (SSSR count). The van der Waals surface area contributed by atoms with Crippen LogP contribution < -0.4 is 4.90 Å². The first-order valence-electron chi connectivity index (χ1n) is 7.80. The van der Waals surface area contributed by atoms with Gasteiger partial charge in [0.15, 0.2) is 0 Å². The molecule has 0 radical (unpaired) electrons. The van der Waals surface area contributed by atoms with E-state index >= 15 is 0 Å². The largest absolute Gasteiger partial charge is 2.00 e. The molecule has 0 unspecified atom stereocenters. The van der Waals surface area contributed by atoms with E-state index < -0.39 is 12.7 Å². The Hall–Kier alpha value is -1.74. The molecule has 2 aromatic rings. The van der Waals surface area contributed by atoms with E-state index in [4.69, 9.17) is 0 Å². The van der Waals surface area contributed by atoms with Crippen LogP contribution in [0.15, 0.2) is 27.9 Å². The van der Waals surface area contributed by atoms with Gasteiger partial charge in [-0.05, 0) is 37.9 Å². The van der Waals surface area contributed by atoms with Gasteiger partial charge in [0.1, 0.15) is 5.51 Å². The van der Waals surface area contributed by atoms with Crippen molar-refractivity contribution in [2.45, 2.75) is 25.9 Å². The maximum atomic E-state index is 12.6. The maximum Gasteiger partial charge on any atom is 2.00 e. The summed E-state index contributed by atoms with van der Waals surface area (Å²) in [6.45, 7) is 2.44. The Morgan fingerprint density at radius 3 is 2.77 bits per heavy atom. The molecule has 0 atom stereocenters. The van der Waals surface area contributed by atoms with Gasteiger partial charge in [-0.25, -0.2) is 0 Å². The van der Waals surface area contributed by atoms with Gasteiger partial charge in [0.05, 0.1) is 5.69 Å². The molecule has 0 spiro atoms. The van der Waals surface area contributed by atoms with Crippen LogP contribution in [0.4, 0.5) is 35.4 Å². The van der Waals surface area contributed by atoms with E-state index in [9.17, 15) is 13.2 Å². The average molecular weight is 428 g/mol. The number of hydrogen-bond donors (Lipinski definition) is 0.